The number of fused-ring (bicyclic) bond motifs is 1. The van der Waals surface area contributed by atoms with Crippen LogP contribution in [0.2, 0.25) is 0 Å². The van der Waals surface area contributed by atoms with Gasteiger partial charge in [-0.1, -0.05) is 84.9 Å². The number of nitrogens with zero attached hydrogens (tertiary/aromatic N) is 2. The van der Waals surface area contributed by atoms with Crippen molar-refractivity contribution in [2.75, 3.05) is 25.5 Å². The molecular formula is C40H46N3O13PS. The first-order chi connectivity index (χ1) is 27.5. The predicted molar refractivity (Wildman–Crippen MR) is 211 cm³/mol. The van der Waals surface area contributed by atoms with E-state index in [0.29, 0.717) is 26.2 Å². The summed E-state index contributed by atoms with van der Waals surface area (Å²) in [6.45, 7) is 2.91. The maximum atomic E-state index is 14.6. The van der Waals surface area contributed by atoms with Crippen LogP contribution in [0.1, 0.15) is 38.8 Å². The lowest BCUT2D eigenvalue weighted by molar-refractivity contribution is -0.254. The van der Waals surface area contributed by atoms with E-state index in [9.17, 15) is 32.2 Å². The molecule has 0 aromatic heterocycles. The first-order valence-corrected chi connectivity index (χ1v) is 21.0. The van der Waals surface area contributed by atoms with E-state index < -0.39 is 78.8 Å². The number of rotatable bonds is 16. The molecule has 18 heteroatoms. The first kappa shape index (κ1) is 44.0. The van der Waals surface area contributed by atoms with Crippen molar-refractivity contribution in [2.24, 2.45) is 0 Å². The van der Waals surface area contributed by atoms with E-state index in [2.05, 4.69) is 5.32 Å². The molecule has 0 unspecified atom stereocenters. The summed E-state index contributed by atoms with van der Waals surface area (Å²) in [6, 6.07) is 25.5. The Bertz CT molecular complexity index is 2210. The minimum atomic E-state index is -4.74. The molecule has 0 aliphatic carbocycles. The van der Waals surface area contributed by atoms with Gasteiger partial charge in [0.2, 0.25) is 11.8 Å². The molecule has 1 fully saturated rings. The van der Waals surface area contributed by atoms with Gasteiger partial charge in [0, 0.05) is 58.3 Å². The molecule has 0 spiro atoms. The van der Waals surface area contributed by atoms with Crippen molar-refractivity contribution in [3.8, 4) is 0 Å². The molecule has 58 heavy (non-hydrogen) atoms. The molecule has 5 atom stereocenters. The Hall–Kier alpha value is -5.16. The molecule has 0 bridgehead atoms. The number of hydrogen-bond acceptors (Lipinski definition) is 14. The standard InChI is InChI=1S/C40H46N3O13PS/c1-26(44)41-37-39(54-29(4)47)38(53-28(3)46)35(23-43(27(2)45)58(49,50)36-22-14-19-32-33(36)20-13-21-34(32)42(5)6)55-40(37)56-57(48,51-24-30-15-9-7-10-16-30)52-25-31-17-11-8-12-18-31/h7-22,35,37-40H,23-25H2,1-6H3,(H,41,44)/t35-,37-,38-,39-,40-/m1/s1. The molecule has 4 aromatic rings. The number of carbonyl (C=O) groups excluding carboxylic acids is 4. The summed E-state index contributed by atoms with van der Waals surface area (Å²) in [5.74, 6) is -3.43. The zero-order valence-corrected chi connectivity index (χ0v) is 34.5. The van der Waals surface area contributed by atoms with Gasteiger partial charge in [0.1, 0.15) is 12.1 Å². The van der Waals surface area contributed by atoms with Crippen LogP contribution >= 0.6 is 7.82 Å². The minimum Gasteiger partial charge on any atom is -0.456 e. The van der Waals surface area contributed by atoms with Crippen molar-refractivity contribution in [1.82, 2.24) is 9.62 Å². The van der Waals surface area contributed by atoms with E-state index in [-0.39, 0.29) is 18.1 Å². The molecule has 2 amide bonds. The number of phosphoric ester groups is 1. The summed E-state index contributed by atoms with van der Waals surface area (Å²) in [6.07, 6.45) is -6.86. The molecule has 1 saturated heterocycles. The van der Waals surface area contributed by atoms with Gasteiger partial charge in [-0.15, -0.1) is 0 Å². The van der Waals surface area contributed by atoms with Crippen LogP contribution in [-0.2, 0) is 74.8 Å². The highest BCUT2D eigenvalue weighted by molar-refractivity contribution is 7.90. The maximum Gasteiger partial charge on any atom is 0.477 e. The van der Waals surface area contributed by atoms with E-state index >= 15 is 0 Å². The molecule has 4 aromatic carbocycles. The van der Waals surface area contributed by atoms with Crippen molar-refractivity contribution in [1.29, 1.82) is 0 Å². The summed E-state index contributed by atoms with van der Waals surface area (Å²) in [5, 5.41) is 3.46. The van der Waals surface area contributed by atoms with Crippen molar-refractivity contribution < 1.29 is 59.9 Å². The van der Waals surface area contributed by atoms with Crippen LogP contribution in [-0.4, -0.2) is 87.8 Å². The number of nitrogens with one attached hydrogen (secondary N) is 1. The van der Waals surface area contributed by atoms with Gasteiger partial charge >= 0.3 is 19.8 Å². The summed E-state index contributed by atoms with van der Waals surface area (Å²) in [4.78, 5) is 53.0. The third kappa shape index (κ3) is 10.9. The zero-order chi connectivity index (χ0) is 42.2. The molecule has 1 aliphatic heterocycles. The highest BCUT2D eigenvalue weighted by Gasteiger charge is 2.54. The molecule has 1 N–H and O–H groups in total. The normalized spacial score (nSPS) is 19.5. The number of benzene rings is 4. The smallest absolute Gasteiger partial charge is 0.456 e. The van der Waals surface area contributed by atoms with Crippen LogP contribution in [0.15, 0.2) is 102 Å². The second-order valence-corrected chi connectivity index (χ2v) is 17.0. The highest BCUT2D eigenvalue weighted by atomic mass is 32.2. The fourth-order valence-electron chi connectivity index (χ4n) is 6.43. The molecule has 16 nitrogen and oxygen atoms in total. The summed E-state index contributed by atoms with van der Waals surface area (Å²) < 4.78 is 79.4. The van der Waals surface area contributed by atoms with Gasteiger partial charge in [0.25, 0.3) is 10.0 Å². The highest BCUT2D eigenvalue weighted by Crippen LogP contribution is 2.53. The lowest BCUT2D eigenvalue weighted by Crippen LogP contribution is -2.67. The van der Waals surface area contributed by atoms with Crippen molar-refractivity contribution >= 4 is 58.1 Å². The summed E-state index contributed by atoms with van der Waals surface area (Å²) >= 11 is 0. The molecule has 0 radical (unpaired) electrons. The van der Waals surface area contributed by atoms with E-state index in [1.807, 2.05) is 11.0 Å². The van der Waals surface area contributed by atoms with Crippen molar-refractivity contribution in [2.45, 2.75) is 76.4 Å². The van der Waals surface area contributed by atoms with Gasteiger partial charge in [0.05, 0.1) is 24.7 Å². The fraction of sp³-hybridized carbons (Fsp3) is 0.350. The lowest BCUT2D eigenvalue weighted by Gasteiger charge is -2.46. The zero-order valence-electron chi connectivity index (χ0n) is 32.8. The average molecular weight is 840 g/mol. The summed E-state index contributed by atoms with van der Waals surface area (Å²) in [5.41, 5.74) is 1.91. The second-order valence-electron chi connectivity index (χ2n) is 13.6. The second kappa shape index (κ2) is 19.1. The SMILES string of the molecule is CC(=O)N[C@H]1[C@@H](OP(=O)(OCc2ccccc2)OCc2ccccc2)O[C@H](CN(C(C)=O)S(=O)(=O)c2cccc3c(N(C)C)cccc23)[C@@H](OC(C)=O)[C@@H]1OC(C)=O. The number of ether oxygens (including phenoxy) is 3. The number of phosphoric acid groups is 1. The molecular weight excluding hydrogens is 793 g/mol. The van der Waals surface area contributed by atoms with Gasteiger partial charge in [-0.2, -0.15) is 0 Å². The van der Waals surface area contributed by atoms with Gasteiger partial charge in [-0.25, -0.2) is 17.3 Å². The van der Waals surface area contributed by atoms with E-state index in [0.717, 1.165) is 33.4 Å². The fourth-order valence-corrected chi connectivity index (χ4v) is 9.30. The van der Waals surface area contributed by atoms with Crippen molar-refractivity contribution in [3.05, 3.63) is 108 Å². The molecule has 5 rings (SSSR count). The number of carbonyl (C=O) groups is 4. The van der Waals surface area contributed by atoms with E-state index in [1.165, 1.54) is 6.07 Å². The number of sulfonamides is 1. The van der Waals surface area contributed by atoms with Gasteiger partial charge < -0.3 is 24.4 Å². The van der Waals surface area contributed by atoms with E-state index in [1.54, 1.807) is 99.0 Å². The Balaban J connectivity index is 1.59. The van der Waals surface area contributed by atoms with Crippen LogP contribution in [0.5, 0.6) is 0 Å². The Morgan fingerprint density at radius 3 is 1.78 bits per heavy atom. The quantitative estimate of drug-likeness (QED) is 0.116. The van der Waals surface area contributed by atoms with Crippen molar-refractivity contribution in [3.63, 3.8) is 0 Å². The topological polar surface area (TPSA) is 193 Å². The molecule has 1 heterocycles. The number of anilines is 1. The Kier molecular flexibility index (Phi) is 14.4. The van der Waals surface area contributed by atoms with Crippen LogP contribution in [0, 0.1) is 0 Å². The first-order valence-electron chi connectivity index (χ1n) is 18.1. The average Bonchev–Trinajstić information content (AvgIpc) is 3.17. The molecule has 1 aliphatic rings. The maximum absolute atomic E-state index is 14.6. The number of hydrogen-bond donors (Lipinski definition) is 1. The monoisotopic (exact) mass is 839 g/mol. The number of amides is 2. The van der Waals surface area contributed by atoms with E-state index in [4.69, 9.17) is 27.8 Å². The van der Waals surface area contributed by atoms with Gasteiger partial charge in [-0.05, 0) is 23.3 Å². The van der Waals surface area contributed by atoms with Crippen LogP contribution in [0.3, 0.4) is 0 Å². The van der Waals surface area contributed by atoms with Gasteiger partial charge in [-0.3, -0.25) is 32.7 Å². The lowest BCUT2D eigenvalue weighted by atomic mass is 9.95. The van der Waals surface area contributed by atoms with Crippen LogP contribution in [0.25, 0.3) is 10.8 Å². The van der Waals surface area contributed by atoms with Crippen LogP contribution in [0.4, 0.5) is 5.69 Å². The largest absolute Gasteiger partial charge is 0.477 e. The molecule has 310 valence electrons. The van der Waals surface area contributed by atoms with Crippen LogP contribution < -0.4 is 10.2 Å². The third-order valence-electron chi connectivity index (χ3n) is 8.92. The summed E-state index contributed by atoms with van der Waals surface area (Å²) in [7, 11) is -5.83. The Morgan fingerprint density at radius 2 is 1.26 bits per heavy atom. The minimum absolute atomic E-state index is 0.211. The molecule has 0 saturated carbocycles. The predicted octanol–water partition coefficient (Wildman–Crippen LogP) is 5.09. The van der Waals surface area contributed by atoms with Gasteiger partial charge in [0.15, 0.2) is 18.5 Å². The third-order valence-corrected chi connectivity index (χ3v) is 12.2. The number of esters is 2. The Labute approximate surface area is 336 Å². The Morgan fingerprint density at radius 1 is 0.724 bits per heavy atom.